The van der Waals surface area contributed by atoms with Crippen molar-refractivity contribution in [1.29, 1.82) is 0 Å². The van der Waals surface area contributed by atoms with Crippen LogP contribution in [0.2, 0.25) is 0 Å². The smallest absolute Gasteiger partial charge is 0.185 e. The summed E-state index contributed by atoms with van der Waals surface area (Å²) in [5.41, 5.74) is 0. The van der Waals surface area contributed by atoms with Crippen LogP contribution in [0.3, 0.4) is 0 Å². The first-order chi connectivity index (χ1) is 4.38. The van der Waals surface area contributed by atoms with Crippen molar-refractivity contribution in [3.63, 3.8) is 0 Å². The summed E-state index contributed by atoms with van der Waals surface area (Å²) in [5, 5.41) is 0. The molecule has 1 aromatic rings. The molecule has 1 rings (SSSR count). The topological polar surface area (TPSA) is 34.9 Å². The average Bonchev–Trinajstić information content (AvgIpc) is 2.33. The number of aromatic nitrogens is 2. The van der Waals surface area contributed by atoms with Crippen LogP contribution in [0, 0.1) is 0 Å². The van der Waals surface area contributed by atoms with Gasteiger partial charge < -0.3 is 4.57 Å². The van der Waals surface area contributed by atoms with E-state index in [-0.39, 0.29) is 0 Å². The van der Waals surface area contributed by atoms with Gasteiger partial charge in [-0.05, 0) is 0 Å². The van der Waals surface area contributed by atoms with E-state index in [1.165, 1.54) is 6.20 Å². The molecule has 0 fully saturated rings. The first-order valence-electron chi connectivity index (χ1n) is 2.49. The third-order valence-corrected chi connectivity index (χ3v) is 1.00. The van der Waals surface area contributed by atoms with Crippen LogP contribution >= 0.6 is 0 Å². The first-order valence-corrected chi connectivity index (χ1v) is 2.49. The highest BCUT2D eigenvalue weighted by Gasteiger charge is 1.93. The molecule has 9 heavy (non-hydrogen) atoms. The molecule has 0 unspecified atom stereocenters. The van der Waals surface area contributed by atoms with E-state index in [2.05, 4.69) is 11.6 Å². The lowest BCUT2D eigenvalue weighted by atomic mass is 10.7. The fraction of sp³-hybridized carbons (Fsp3) is 0. The zero-order valence-corrected chi connectivity index (χ0v) is 4.82. The number of rotatable bonds is 2. The molecule has 0 aliphatic carbocycles. The summed E-state index contributed by atoms with van der Waals surface area (Å²) in [7, 11) is 0. The Hall–Kier alpha value is -1.38. The highest BCUT2D eigenvalue weighted by molar-refractivity contribution is 5.70. The number of nitrogens with zero attached hydrogens (tertiary/aromatic N) is 2. The van der Waals surface area contributed by atoms with Crippen molar-refractivity contribution in [3.05, 3.63) is 24.8 Å². The zero-order chi connectivity index (χ0) is 6.69. The Morgan fingerprint density at radius 3 is 3.00 bits per heavy atom. The monoisotopic (exact) mass is 122 g/mol. The van der Waals surface area contributed by atoms with Crippen LogP contribution in [-0.4, -0.2) is 15.8 Å². The molecule has 3 nitrogen and oxygen atoms in total. The van der Waals surface area contributed by atoms with Crippen molar-refractivity contribution < 1.29 is 4.79 Å². The second-order valence-corrected chi connectivity index (χ2v) is 1.49. The fourth-order valence-electron chi connectivity index (χ4n) is 0.570. The van der Waals surface area contributed by atoms with Gasteiger partial charge in [0.05, 0.1) is 0 Å². The largest absolute Gasteiger partial charge is 0.305 e. The minimum Gasteiger partial charge on any atom is -0.305 e. The van der Waals surface area contributed by atoms with E-state index in [0.29, 0.717) is 12.1 Å². The Balaban J connectivity index is 3.12. The molecule has 0 aliphatic heterocycles. The molecule has 0 radical (unpaired) electrons. The normalized spacial score (nSPS) is 8.89. The van der Waals surface area contributed by atoms with Gasteiger partial charge in [-0.25, -0.2) is 4.98 Å². The van der Waals surface area contributed by atoms with E-state index in [1.54, 1.807) is 17.0 Å². The molecular formula is C6H6N2O. The summed E-state index contributed by atoms with van der Waals surface area (Å²) in [5.74, 6) is 0.380. The van der Waals surface area contributed by atoms with Gasteiger partial charge in [-0.2, -0.15) is 0 Å². The summed E-state index contributed by atoms with van der Waals surface area (Å²) in [6.07, 6.45) is 5.42. The summed E-state index contributed by atoms with van der Waals surface area (Å²) < 4.78 is 1.55. The third-order valence-electron chi connectivity index (χ3n) is 1.00. The first kappa shape index (κ1) is 5.75. The van der Waals surface area contributed by atoms with E-state index in [0.717, 1.165) is 0 Å². The number of aldehydes is 1. The number of imidazole rings is 1. The standard InChI is InChI=1S/C6H6N2O/c1-2-8-4-3-7-6(8)5-9/h2-5H,1H2. The molecule has 0 N–H and O–H groups in total. The maximum Gasteiger partial charge on any atom is 0.185 e. The van der Waals surface area contributed by atoms with Gasteiger partial charge in [0.15, 0.2) is 12.1 Å². The second-order valence-electron chi connectivity index (χ2n) is 1.49. The van der Waals surface area contributed by atoms with Gasteiger partial charge in [-0.15, -0.1) is 0 Å². The third kappa shape index (κ3) is 0.887. The van der Waals surface area contributed by atoms with Crippen molar-refractivity contribution in [2.75, 3.05) is 0 Å². The predicted molar refractivity (Wildman–Crippen MR) is 34.0 cm³/mol. The van der Waals surface area contributed by atoms with Crippen molar-refractivity contribution in [3.8, 4) is 0 Å². The minimum atomic E-state index is 0.380. The Kier molecular flexibility index (Phi) is 1.44. The van der Waals surface area contributed by atoms with Gasteiger partial charge in [0.2, 0.25) is 0 Å². The number of carbonyl (C=O) groups excluding carboxylic acids is 1. The molecule has 0 atom stereocenters. The molecule has 3 heteroatoms. The van der Waals surface area contributed by atoms with Crippen LogP contribution < -0.4 is 0 Å². The Morgan fingerprint density at radius 1 is 1.78 bits per heavy atom. The summed E-state index contributed by atoms with van der Waals surface area (Å²) in [6, 6.07) is 0. The molecule has 1 aromatic heterocycles. The maximum atomic E-state index is 10.1. The molecular weight excluding hydrogens is 116 g/mol. The van der Waals surface area contributed by atoms with Crippen LogP contribution in [0.1, 0.15) is 10.6 Å². The molecule has 46 valence electrons. The van der Waals surface area contributed by atoms with Gasteiger partial charge in [0.25, 0.3) is 0 Å². The quantitative estimate of drug-likeness (QED) is 0.544. The fourth-order valence-corrected chi connectivity index (χ4v) is 0.570. The molecule has 1 heterocycles. The van der Waals surface area contributed by atoms with Crippen LogP contribution in [0.4, 0.5) is 0 Å². The maximum absolute atomic E-state index is 10.1. The van der Waals surface area contributed by atoms with Crippen LogP contribution in [-0.2, 0) is 0 Å². The van der Waals surface area contributed by atoms with Crippen molar-refractivity contribution in [2.24, 2.45) is 0 Å². The molecule has 0 saturated heterocycles. The van der Waals surface area contributed by atoms with Crippen molar-refractivity contribution in [2.45, 2.75) is 0 Å². The van der Waals surface area contributed by atoms with Crippen LogP contribution in [0.15, 0.2) is 19.0 Å². The van der Waals surface area contributed by atoms with E-state index >= 15 is 0 Å². The molecule has 0 saturated carbocycles. The summed E-state index contributed by atoms with van der Waals surface area (Å²) in [6.45, 7) is 3.48. The highest BCUT2D eigenvalue weighted by Crippen LogP contribution is 1.91. The summed E-state index contributed by atoms with van der Waals surface area (Å²) >= 11 is 0. The lowest BCUT2D eigenvalue weighted by Crippen LogP contribution is -1.91. The predicted octanol–water partition coefficient (Wildman–Crippen LogP) is 0.796. The molecule has 0 spiro atoms. The lowest BCUT2D eigenvalue weighted by Gasteiger charge is -1.89. The van der Waals surface area contributed by atoms with Gasteiger partial charge >= 0.3 is 0 Å². The van der Waals surface area contributed by atoms with Gasteiger partial charge in [-0.1, -0.05) is 6.58 Å². The second kappa shape index (κ2) is 2.26. The molecule has 0 aromatic carbocycles. The SMILES string of the molecule is C=Cn1ccnc1C=O. The van der Waals surface area contributed by atoms with Crippen molar-refractivity contribution >= 4 is 12.5 Å². The Labute approximate surface area is 52.6 Å². The van der Waals surface area contributed by atoms with Gasteiger partial charge in [-0.3, -0.25) is 4.79 Å². The zero-order valence-electron chi connectivity index (χ0n) is 4.82. The van der Waals surface area contributed by atoms with E-state index < -0.39 is 0 Å². The lowest BCUT2D eigenvalue weighted by molar-refractivity contribution is 0.111. The van der Waals surface area contributed by atoms with Crippen LogP contribution in [0.5, 0.6) is 0 Å². The molecule has 0 aliphatic rings. The molecule has 0 amide bonds. The van der Waals surface area contributed by atoms with E-state index in [9.17, 15) is 4.79 Å². The Bertz CT molecular complexity index is 204. The minimum absolute atomic E-state index is 0.380. The van der Waals surface area contributed by atoms with Gasteiger partial charge in [0, 0.05) is 18.6 Å². The average molecular weight is 122 g/mol. The molecule has 0 bridgehead atoms. The number of hydrogen-bond acceptors (Lipinski definition) is 2. The van der Waals surface area contributed by atoms with E-state index in [1.807, 2.05) is 0 Å². The Morgan fingerprint density at radius 2 is 2.56 bits per heavy atom. The van der Waals surface area contributed by atoms with Gasteiger partial charge in [0.1, 0.15) is 0 Å². The number of hydrogen-bond donors (Lipinski definition) is 0. The highest BCUT2D eigenvalue weighted by atomic mass is 16.1. The van der Waals surface area contributed by atoms with E-state index in [4.69, 9.17) is 0 Å². The van der Waals surface area contributed by atoms with Crippen molar-refractivity contribution in [1.82, 2.24) is 9.55 Å². The van der Waals surface area contributed by atoms with Crippen LogP contribution in [0.25, 0.3) is 6.20 Å². The summed E-state index contributed by atoms with van der Waals surface area (Å²) in [4.78, 5) is 13.8. The number of carbonyl (C=O) groups is 1.